The summed E-state index contributed by atoms with van der Waals surface area (Å²) in [5, 5.41) is 7.44. The second kappa shape index (κ2) is 6.53. The SMILES string of the molecule is CCc1nc(NC(=O)COc2ccc3ccc(=O)oc3c2)nn1C. The van der Waals surface area contributed by atoms with Gasteiger partial charge in [0.1, 0.15) is 17.2 Å². The first kappa shape index (κ1) is 15.7. The predicted molar refractivity (Wildman–Crippen MR) is 87.0 cm³/mol. The van der Waals surface area contributed by atoms with Crippen LogP contribution in [0.3, 0.4) is 0 Å². The van der Waals surface area contributed by atoms with Crippen molar-refractivity contribution in [3.05, 3.63) is 46.6 Å². The number of nitrogens with zero attached hydrogens (tertiary/aromatic N) is 3. The third kappa shape index (κ3) is 3.43. The van der Waals surface area contributed by atoms with E-state index in [-0.39, 0.29) is 18.5 Å². The average molecular weight is 328 g/mol. The van der Waals surface area contributed by atoms with Crippen LogP contribution in [-0.4, -0.2) is 27.3 Å². The number of fused-ring (bicyclic) bond motifs is 1. The molecule has 8 heteroatoms. The molecular weight excluding hydrogens is 312 g/mol. The summed E-state index contributed by atoms with van der Waals surface area (Å²) < 4.78 is 12.1. The number of carbonyl (C=O) groups is 1. The molecular formula is C16H16N4O4. The number of aryl methyl sites for hydroxylation is 2. The summed E-state index contributed by atoms with van der Waals surface area (Å²) >= 11 is 0. The van der Waals surface area contributed by atoms with Crippen molar-refractivity contribution in [2.45, 2.75) is 13.3 Å². The molecule has 124 valence electrons. The van der Waals surface area contributed by atoms with E-state index in [0.717, 1.165) is 17.6 Å². The number of amides is 1. The van der Waals surface area contributed by atoms with E-state index in [2.05, 4.69) is 15.4 Å². The highest BCUT2D eigenvalue weighted by molar-refractivity contribution is 5.90. The Labute approximate surface area is 137 Å². The molecule has 2 heterocycles. The van der Waals surface area contributed by atoms with Gasteiger partial charge in [-0.1, -0.05) is 6.92 Å². The summed E-state index contributed by atoms with van der Waals surface area (Å²) in [5.74, 6) is 1.07. The van der Waals surface area contributed by atoms with Gasteiger partial charge in [0.25, 0.3) is 5.91 Å². The van der Waals surface area contributed by atoms with Crippen LogP contribution in [0.25, 0.3) is 11.0 Å². The molecule has 0 aliphatic carbocycles. The van der Waals surface area contributed by atoms with Crippen molar-refractivity contribution < 1.29 is 13.9 Å². The van der Waals surface area contributed by atoms with Gasteiger partial charge in [-0.25, -0.2) is 4.79 Å². The van der Waals surface area contributed by atoms with Crippen LogP contribution in [-0.2, 0) is 18.3 Å². The minimum absolute atomic E-state index is 0.206. The highest BCUT2D eigenvalue weighted by Crippen LogP contribution is 2.19. The van der Waals surface area contributed by atoms with Crippen LogP contribution in [0, 0.1) is 0 Å². The summed E-state index contributed by atoms with van der Waals surface area (Å²) in [6.45, 7) is 1.75. The first-order valence-electron chi connectivity index (χ1n) is 7.41. The van der Waals surface area contributed by atoms with Gasteiger partial charge in [0, 0.05) is 31.0 Å². The van der Waals surface area contributed by atoms with Gasteiger partial charge < -0.3 is 9.15 Å². The summed E-state index contributed by atoms with van der Waals surface area (Å²) in [6.07, 6.45) is 0.720. The van der Waals surface area contributed by atoms with Gasteiger partial charge in [0.2, 0.25) is 5.95 Å². The fraction of sp³-hybridized carbons (Fsp3) is 0.250. The van der Waals surface area contributed by atoms with Crippen LogP contribution in [0.2, 0.25) is 0 Å². The second-order valence-corrected chi connectivity index (χ2v) is 5.12. The van der Waals surface area contributed by atoms with Crippen molar-refractivity contribution in [1.29, 1.82) is 0 Å². The number of benzene rings is 1. The molecule has 24 heavy (non-hydrogen) atoms. The Morgan fingerprint density at radius 3 is 2.88 bits per heavy atom. The maximum absolute atomic E-state index is 11.9. The number of carbonyl (C=O) groups excluding carboxylic acids is 1. The van der Waals surface area contributed by atoms with Crippen LogP contribution in [0.1, 0.15) is 12.7 Å². The molecule has 0 saturated heterocycles. The van der Waals surface area contributed by atoms with E-state index in [1.807, 2.05) is 6.92 Å². The molecule has 8 nitrogen and oxygen atoms in total. The van der Waals surface area contributed by atoms with Gasteiger partial charge in [-0.05, 0) is 18.2 Å². The van der Waals surface area contributed by atoms with E-state index in [4.69, 9.17) is 9.15 Å². The molecule has 3 aromatic rings. The number of anilines is 1. The van der Waals surface area contributed by atoms with Gasteiger partial charge in [-0.3, -0.25) is 14.8 Å². The van der Waals surface area contributed by atoms with Crippen LogP contribution in [0.4, 0.5) is 5.95 Å². The molecule has 0 fully saturated rings. The van der Waals surface area contributed by atoms with Crippen molar-refractivity contribution in [2.75, 3.05) is 11.9 Å². The molecule has 0 saturated carbocycles. The Morgan fingerprint density at radius 1 is 1.33 bits per heavy atom. The standard InChI is InChI=1S/C16H16N4O4/c1-3-13-17-16(19-20(13)2)18-14(21)9-23-11-6-4-10-5-7-15(22)24-12(10)8-11/h4-8H,3,9H2,1-2H3,(H,18,19,21). The monoisotopic (exact) mass is 328 g/mol. The number of rotatable bonds is 5. The molecule has 1 N–H and O–H groups in total. The van der Waals surface area contributed by atoms with E-state index in [0.29, 0.717) is 11.3 Å². The van der Waals surface area contributed by atoms with E-state index in [9.17, 15) is 9.59 Å². The number of ether oxygens (including phenoxy) is 1. The van der Waals surface area contributed by atoms with Crippen molar-refractivity contribution in [1.82, 2.24) is 14.8 Å². The maximum Gasteiger partial charge on any atom is 0.336 e. The van der Waals surface area contributed by atoms with Gasteiger partial charge in [0.05, 0.1) is 0 Å². The highest BCUT2D eigenvalue weighted by atomic mass is 16.5. The normalized spacial score (nSPS) is 10.8. The smallest absolute Gasteiger partial charge is 0.336 e. The molecule has 0 atom stereocenters. The zero-order valence-corrected chi connectivity index (χ0v) is 13.3. The minimum Gasteiger partial charge on any atom is -0.484 e. The Morgan fingerprint density at radius 2 is 2.12 bits per heavy atom. The largest absolute Gasteiger partial charge is 0.484 e. The van der Waals surface area contributed by atoms with Gasteiger partial charge in [0.15, 0.2) is 6.61 Å². The molecule has 1 aromatic carbocycles. The van der Waals surface area contributed by atoms with E-state index < -0.39 is 5.63 Å². The van der Waals surface area contributed by atoms with Crippen LogP contribution >= 0.6 is 0 Å². The van der Waals surface area contributed by atoms with Gasteiger partial charge >= 0.3 is 5.63 Å². The molecule has 0 radical (unpaired) electrons. The topological polar surface area (TPSA) is 99.2 Å². The fourth-order valence-corrected chi connectivity index (χ4v) is 2.22. The first-order chi connectivity index (χ1) is 11.5. The summed E-state index contributed by atoms with van der Waals surface area (Å²) in [7, 11) is 1.76. The number of nitrogens with one attached hydrogen (secondary N) is 1. The van der Waals surface area contributed by atoms with E-state index in [1.165, 1.54) is 6.07 Å². The van der Waals surface area contributed by atoms with Gasteiger partial charge in [-0.2, -0.15) is 4.98 Å². The summed E-state index contributed by atoms with van der Waals surface area (Å²) in [6, 6.07) is 8.03. The Bertz CT molecular complexity index is 945. The van der Waals surface area contributed by atoms with Crippen molar-refractivity contribution in [3.63, 3.8) is 0 Å². The first-order valence-corrected chi connectivity index (χ1v) is 7.41. The second-order valence-electron chi connectivity index (χ2n) is 5.12. The van der Waals surface area contributed by atoms with Crippen molar-refractivity contribution in [3.8, 4) is 5.75 Å². The number of hydrogen-bond donors (Lipinski definition) is 1. The molecule has 0 spiro atoms. The zero-order chi connectivity index (χ0) is 17.1. The number of aromatic nitrogens is 3. The molecule has 0 bridgehead atoms. The van der Waals surface area contributed by atoms with E-state index >= 15 is 0 Å². The van der Waals surface area contributed by atoms with Crippen LogP contribution in [0.5, 0.6) is 5.75 Å². The lowest BCUT2D eigenvalue weighted by Crippen LogP contribution is -2.21. The lowest BCUT2D eigenvalue weighted by Gasteiger charge is -2.06. The third-order valence-corrected chi connectivity index (χ3v) is 3.39. The molecule has 1 amide bonds. The lowest BCUT2D eigenvalue weighted by molar-refractivity contribution is -0.118. The highest BCUT2D eigenvalue weighted by Gasteiger charge is 2.10. The average Bonchev–Trinajstić information content (AvgIpc) is 2.91. The zero-order valence-electron chi connectivity index (χ0n) is 13.3. The van der Waals surface area contributed by atoms with Crippen LogP contribution < -0.4 is 15.7 Å². The van der Waals surface area contributed by atoms with Crippen molar-refractivity contribution >= 4 is 22.8 Å². The summed E-state index contributed by atoms with van der Waals surface area (Å²) in [4.78, 5) is 27.3. The van der Waals surface area contributed by atoms with E-state index in [1.54, 1.807) is 36.0 Å². The molecule has 3 rings (SSSR count). The molecule has 0 unspecified atom stereocenters. The Balaban J connectivity index is 1.64. The molecule has 0 aliphatic heterocycles. The van der Waals surface area contributed by atoms with Gasteiger partial charge in [-0.15, -0.1) is 5.10 Å². The Hall–Kier alpha value is -3.16. The third-order valence-electron chi connectivity index (χ3n) is 3.39. The number of hydrogen-bond acceptors (Lipinski definition) is 6. The maximum atomic E-state index is 11.9. The van der Waals surface area contributed by atoms with Crippen molar-refractivity contribution in [2.24, 2.45) is 7.05 Å². The Kier molecular flexibility index (Phi) is 4.28. The fourth-order valence-electron chi connectivity index (χ4n) is 2.22. The molecule has 0 aliphatic rings. The van der Waals surface area contributed by atoms with Crippen LogP contribution in [0.15, 0.2) is 39.5 Å². The lowest BCUT2D eigenvalue weighted by atomic mass is 10.2. The quantitative estimate of drug-likeness (QED) is 0.713. The molecule has 2 aromatic heterocycles. The predicted octanol–water partition coefficient (Wildman–Crippen LogP) is 1.50. The summed E-state index contributed by atoms with van der Waals surface area (Å²) in [5.41, 5.74) is -0.0373. The minimum atomic E-state index is -0.439.